The molecule has 0 aliphatic heterocycles. The Morgan fingerprint density at radius 2 is 1.34 bits per heavy atom. The molecule has 138 valence electrons. The van der Waals surface area contributed by atoms with Crippen molar-refractivity contribution in [2.24, 2.45) is 0 Å². The van der Waals surface area contributed by atoms with Gasteiger partial charge in [0.1, 0.15) is 0 Å². The second-order valence-corrected chi connectivity index (χ2v) is 6.94. The molecule has 0 aliphatic rings. The van der Waals surface area contributed by atoms with E-state index in [2.05, 4.69) is 30.3 Å². The van der Waals surface area contributed by atoms with E-state index < -0.39 is 0 Å². The Morgan fingerprint density at radius 3 is 2.03 bits per heavy atom. The summed E-state index contributed by atoms with van der Waals surface area (Å²) in [6, 6.07) is 31.3. The Hall–Kier alpha value is -4.05. The predicted octanol–water partition coefficient (Wildman–Crippen LogP) is 6.63. The average Bonchev–Trinajstić information content (AvgIpc) is 2.77. The molecule has 0 amide bonds. The van der Waals surface area contributed by atoms with Gasteiger partial charge in [-0.3, -0.25) is 10.1 Å². The van der Waals surface area contributed by atoms with Gasteiger partial charge in [-0.25, -0.2) is 4.98 Å². The first-order valence-corrected chi connectivity index (χ1v) is 9.33. The molecule has 4 aromatic carbocycles. The van der Waals surface area contributed by atoms with Crippen LogP contribution in [0.5, 0.6) is 0 Å². The minimum atomic E-state index is -0.378. The average molecular weight is 376 g/mol. The fourth-order valence-corrected chi connectivity index (χ4v) is 3.67. The van der Waals surface area contributed by atoms with Crippen LogP contribution >= 0.6 is 0 Å². The molecular formula is C25H16N2O2. The first-order chi connectivity index (χ1) is 14.2. The molecule has 0 aliphatic carbocycles. The number of fused-ring (bicyclic) bond motifs is 2. The van der Waals surface area contributed by atoms with E-state index in [1.165, 1.54) is 0 Å². The molecule has 1 aromatic heterocycles. The maximum atomic E-state index is 11.0. The van der Waals surface area contributed by atoms with Crippen LogP contribution < -0.4 is 0 Å². The van der Waals surface area contributed by atoms with Crippen LogP contribution in [0.25, 0.3) is 44.1 Å². The molecule has 0 unspecified atom stereocenters. The number of pyridine rings is 1. The van der Waals surface area contributed by atoms with Gasteiger partial charge in [0, 0.05) is 23.1 Å². The van der Waals surface area contributed by atoms with Crippen LogP contribution in [0.4, 0.5) is 5.69 Å². The molecule has 4 nitrogen and oxygen atoms in total. The van der Waals surface area contributed by atoms with Crippen molar-refractivity contribution in [1.82, 2.24) is 4.98 Å². The van der Waals surface area contributed by atoms with Crippen molar-refractivity contribution >= 4 is 27.4 Å². The Morgan fingerprint density at radius 1 is 0.690 bits per heavy atom. The lowest BCUT2D eigenvalue weighted by Gasteiger charge is -2.12. The Labute approximate surface area is 167 Å². The number of hydrogen-bond donors (Lipinski definition) is 0. The molecule has 0 radical (unpaired) electrons. The summed E-state index contributed by atoms with van der Waals surface area (Å²) in [7, 11) is 0. The van der Waals surface area contributed by atoms with Gasteiger partial charge in [-0.05, 0) is 52.2 Å². The number of hydrogen-bond acceptors (Lipinski definition) is 3. The third-order valence-electron chi connectivity index (χ3n) is 5.13. The van der Waals surface area contributed by atoms with Crippen LogP contribution in [0.2, 0.25) is 0 Å². The van der Waals surface area contributed by atoms with Crippen LogP contribution in [0.15, 0.2) is 97.1 Å². The highest BCUT2D eigenvalue weighted by Crippen LogP contribution is 2.35. The van der Waals surface area contributed by atoms with Crippen molar-refractivity contribution < 1.29 is 4.92 Å². The van der Waals surface area contributed by atoms with E-state index in [1.54, 1.807) is 24.3 Å². The maximum Gasteiger partial charge on any atom is 0.269 e. The van der Waals surface area contributed by atoms with Gasteiger partial charge in [-0.15, -0.1) is 0 Å². The van der Waals surface area contributed by atoms with Crippen LogP contribution in [-0.2, 0) is 0 Å². The number of nitrogens with zero attached hydrogens (tertiary/aromatic N) is 2. The van der Waals surface area contributed by atoms with Crippen molar-refractivity contribution in [3.63, 3.8) is 0 Å². The molecule has 0 fully saturated rings. The highest BCUT2D eigenvalue weighted by molar-refractivity contribution is 6.04. The van der Waals surface area contributed by atoms with Crippen molar-refractivity contribution in [1.29, 1.82) is 0 Å². The molecule has 0 atom stereocenters. The number of benzene rings is 4. The minimum Gasteiger partial charge on any atom is -0.258 e. The number of non-ortho nitro benzene ring substituents is 1. The summed E-state index contributed by atoms with van der Waals surface area (Å²) in [5.41, 5.74) is 4.83. The lowest BCUT2D eigenvalue weighted by Crippen LogP contribution is -1.91. The Balaban J connectivity index is 1.81. The summed E-state index contributed by atoms with van der Waals surface area (Å²) in [5, 5.41) is 14.3. The molecule has 0 bridgehead atoms. The normalized spacial score (nSPS) is 11.0. The zero-order valence-corrected chi connectivity index (χ0v) is 15.4. The summed E-state index contributed by atoms with van der Waals surface area (Å²) in [6.07, 6.45) is 0. The SMILES string of the molecule is O=[N+]([O-])c1ccc(-c2cc(-c3ccccc3)nc3cc4ccccc4cc23)cc1. The zero-order chi connectivity index (χ0) is 19.8. The van der Waals surface area contributed by atoms with E-state index in [0.29, 0.717) is 0 Å². The van der Waals surface area contributed by atoms with Crippen LogP contribution in [0.1, 0.15) is 0 Å². The van der Waals surface area contributed by atoms with Gasteiger partial charge in [0.25, 0.3) is 5.69 Å². The highest BCUT2D eigenvalue weighted by Gasteiger charge is 2.12. The van der Waals surface area contributed by atoms with E-state index in [1.807, 2.05) is 42.5 Å². The zero-order valence-electron chi connectivity index (χ0n) is 15.4. The van der Waals surface area contributed by atoms with E-state index in [4.69, 9.17) is 4.98 Å². The number of nitro groups is 1. The largest absolute Gasteiger partial charge is 0.269 e. The fourth-order valence-electron chi connectivity index (χ4n) is 3.67. The van der Waals surface area contributed by atoms with Crippen molar-refractivity contribution in [3.05, 3.63) is 107 Å². The lowest BCUT2D eigenvalue weighted by atomic mass is 9.96. The van der Waals surface area contributed by atoms with Crippen molar-refractivity contribution in [2.75, 3.05) is 0 Å². The van der Waals surface area contributed by atoms with E-state index in [9.17, 15) is 10.1 Å². The topological polar surface area (TPSA) is 56.0 Å². The minimum absolute atomic E-state index is 0.0841. The summed E-state index contributed by atoms with van der Waals surface area (Å²) in [6.45, 7) is 0. The van der Waals surface area contributed by atoms with Gasteiger partial charge >= 0.3 is 0 Å². The van der Waals surface area contributed by atoms with Gasteiger partial charge in [-0.2, -0.15) is 0 Å². The molecule has 0 saturated carbocycles. The summed E-state index contributed by atoms with van der Waals surface area (Å²) < 4.78 is 0. The van der Waals surface area contributed by atoms with Crippen LogP contribution in [0, 0.1) is 10.1 Å². The second kappa shape index (κ2) is 6.84. The number of aromatic nitrogens is 1. The molecule has 0 N–H and O–H groups in total. The van der Waals surface area contributed by atoms with Gasteiger partial charge in [-0.1, -0.05) is 54.6 Å². The predicted molar refractivity (Wildman–Crippen MR) is 117 cm³/mol. The standard InChI is InChI=1S/C25H16N2O2/c28-27(29)21-12-10-17(11-13-21)22-16-24(18-6-2-1-3-7-18)26-25-15-20-9-5-4-8-19(20)14-23(22)25/h1-16H. The number of rotatable bonds is 3. The van der Waals surface area contributed by atoms with Gasteiger partial charge in [0.2, 0.25) is 0 Å². The fraction of sp³-hybridized carbons (Fsp3) is 0. The molecular weight excluding hydrogens is 360 g/mol. The first kappa shape index (κ1) is 17.1. The Kier molecular flexibility index (Phi) is 4.03. The molecule has 5 aromatic rings. The molecule has 4 heteroatoms. The van der Waals surface area contributed by atoms with E-state index in [0.717, 1.165) is 44.1 Å². The monoisotopic (exact) mass is 376 g/mol. The summed E-state index contributed by atoms with van der Waals surface area (Å²) in [4.78, 5) is 15.6. The van der Waals surface area contributed by atoms with E-state index >= 15 is 0 Å². The second-order valence-electron chi connectivity index (χ2n) is 6.94. The van der Waals surface area contributed by atoms with Crippen LogP contribution in [0.3, 0.4) is 0 Å². The molecule has 1 heterocycles. The smallest absolute Gasteiger partial charge is 0.258 e. The van der Waals surface area contributed by atoms with Crippen molar-refractivity contribution in [2.45, 2.75) is 0 Å². The molecule has 0 saturated heterocycles. The van der Waals surface area contributed by atoms with Gasteiger partial charge in [0.05, 0.1) is 16.1 Å². The highest BCUT2D eigenvalue weighted by atomic mass is 16.6. The van der Waals surface area contributed by atoms with Crippen molar-refractivity contribution in [3.8, 4) is 22.4 Å². The third kappa shape index (κ3) is 3.11. The first-order valence-electron chi connectivity index (χ1n) is 9.33. The molecule has 29 heavy (non-hydrogen) atoms. The lowest BCUT2D eigenvalue weighted by molar-refractivity contribution is -0.384. The summed E-state index contributed by atoms with van der Waals surface area (Å²) >= 11 is 0. The number of nitro benzene ring substituents is 1. The third-order valence-corrected chi connectivity index (χ3v) is 5.13. The quantitative estimate of drug-likeness (QED) is 0.202. The summed E-state index contributed by atoms with van der Waals surface area (Å²) in [5.74, 6) is 0. The Bertz CT molecular complexity index is 1360. The van der Waals surface area contributed by atoms with E-state index in [-0.39, 0.29) is 10.6 Å². The van der Waals surface area contributed by atoms with Gasteiger partial charge < -0.3 is 0 Å². The van der Waals surface area contributed by atoms with Gasteiger partial charge in [0.15, 0.2) is 0 Å². The maximum absolute atomic E-state index is 11.0. The van der Waals surface area contributed by atoms with Crippen LogP contribution in [-0.4, -0.2) is 9.91 Å². The molecule has 0 spiro atoms. The molecule has 5 rings (SSSR count).